The normalized spacial score (nSPS) is 6.95. The number of nitrogens with one attached hydrogen (secondary N) is 1. The molecule has 0 aliphatic carbocycles. The predicted molar refractivity (Wildman–Crippen MR) is 65.5 cm³/mol. The van der Waals surface area contributed by atoms with E-state index in [1.54, 1.807) is 0 Å². The Bertz CT molecular complexity index is 278. The molecule has 0 aliphatic heterocycles. The molecule has 17 N–H and O–H groups in total. The molecule has 0 saturated heterocycles. The van der Waals surface area contributed by atoms with Crippen LogP contribution in [0.1, 0.15) is 1.43 Å². The van der Waals surface area contributed by atoms with Gasteiger partial charge in [-0.25, -0.2) is 9.36 Å². The molecule has 14 nitrogen and oxygen atoms in total. The summed E-state index contributed by atoms with van der Waals surface area (Å²) in [6.07, 6.45) is 0. The first-order valence-corrected chi connectivity index (χ1v) is 4.58. The van der Waals surface area contributed by atoms with E-state index in [0.717, 1.165) is 4.90 Å². The van der Waals surface area contributed by atoms with Crippen LogP contribution in [-0.2, 0) is 13.9 Å². The van der Waals surface area contributed by atoms with Crippen LogP contribution in [0.2, 0.25) is 0 Å². The van der Waals surface area contributed by atoms with E-state index in [1.165, 1.54) is 7.05 Å². The molecule has 0 radical (unpaired) electrons. The average Bonchev–Trinajstić information content (AvgIpc) is 1.81. The van der Waals surface area contributed by atoms with Crippen molar-refractivity contribution in [3.8, 4) is 0 Å². The third kappa shape index (κ3) is 30.6. The zero-order valence-electron chi connectivity index (χ0n) is 11.8. The van der Waals surface area contributed by atoms with Crippen molar-refractivity contribution in [2.75, 3.05) is 13.6 Å². The van der Waals surface area contributed by atoms with E-state index < -0.39 is 26.3 Å². The topological polar surface area (TPSA) is 326 Å². The van der Waals surface area contributed by atoms with Gasteiger partial charge in [-0.2, -0.15) is 0 Å². The molecule has 0 unspecified atom stereocenters. The van der Waals surface area contributed by atoms with Gasteiger partial charge in [-0.3, -0.25) is 15.2 Å². The number of rotatable bonds is 3. The zero-order chi connectivity index (χ0) is 10.6. The quantitative estimate of drug-likeness (QED) is 0.165. The Labute approximate surface area is 137 Å². The Hall–Kier alpha value is -0.350. The Kier molecular flexibility index (Phi) is 52.8. The summed E-state index contributed by atoms with van der Waals surface area (Å²) in [5.74, 6) is -1.55. The molecule has 0 bridgehead atoms. The summed E-state index contributed by atoms with van der Waals surface area (Å²) in [5, 5.41) is 6.83. The maximum atomic E-state index is 10.7. The molecule has 0 spiro atoms. The van der Waals surface area contributed by atoms with Crippen molar-refractivity contribution < 1.29 is 87.5 Å². The third-order valence-electron chi connectivity index (χ3n) is 0.998. The molecule has 0 amide bonds. The van der Waals surface area contributed by atoms with Gasteiger partial charge in [0.15, 0.2) is 5.96 Å². The zero-order valence-corrected chi connectivity index (χ0v) is 13.7. The van der Waals surface area contributed by atoms with Gasteiger partial charge < -0.3 is 49.4 Å². The Morgan fingerprint density at radius 2 is 1.55 bits per heavy atom. The molecule has 16 heteroatoms. The largest absolute Gasteiger partial charge is 1.00 e. The molecule has 0 fully saturated rings. The van der Waals surface area contributed by atoms with Gasteiger partial charge in [0.2, 0.25) is 0 Å². The van der Waals surface area contributed by atoms with Gasteiger partial charge in [0.25, 0.3) is 0 Å². The molecule has 0 aromatic carbocycles. The SMILES string of the molecule is CN(CC(=O)OP(=O)(O)O)C(=N)N.O.O.O.O.O.O.[H-].[Na+]. The fraction of sp³-hybridized carbons (Fsp3) is 0.500. The average molecular weight is 343 g/mol. The number of guanidine groups is 1. The molecule has 20 heavy (non-hydrogen) atoms. The van der Waals surface area contributed by atoms with Gasteiger partial charge in [-0.1, -0.05) is 0 Å². The third-order valence-corrected chi connectivity index (χ3v) is 1.44. The van der Waals surface area contributed by atoms with E-state index in [0.29, 0.717) is 0 Å². The second-order valence-corrected chi connectivity index (χ2v) is 3.36. The first-order chi connectivity index (χ1) is 5.72. The minimum Gasteiger partial charge on any atom is -1.00 e. The van der Waals surface area contributed by atoms with Crippen LogP contribution in [0.4, 0.5) is 0 Å². The van der Waals surface area contributed by atoms with Crippen molar-refractivity contribution in [1.29, 1.82) is 5.41 Å². The van der Waals surface area contributed by atoms with Gasteiger partial charge in [0.05, 0.1) is 0 Å². The summed E-state index contributed by atoms with van der Waals surface area (Å²) in [5.41, 5.74) is 4.96. The fourth-order valence-corrected chi connectivity index (χ4v) is 0.763. The number of nitrogens with zero attached hydrogens (tertiary/aromatic N) is 1. The summed E-state index contributed by atoms with van der Waals surface area (Å²) in [4.78, 5) is 28.0. The van der Waals surface area contributed by atoms with Crippen LogP contribution in [0.3, 0.4) is 0 Å². The maximum Gasteiger partial charge on any atom is 1.00 e. The van der Waals surface area contributed by atoms with Gasteiger partial charge >= 0.3 is 43.3 Å². The Morgan fingerprint density at radius 3 is 1.75 bits per heavy atom. The number of phosphoric ester groups is 1. The second-order valence-electron chi connectivity index (χ2n) is 2.20. The van der Waals surface area contributed by atoms with Gasteiger partial charge in [0, 0.05) is 7.05 Å². The van der Waals surface area contributed by atoms with Crippen molar-refractivity contribution in [3.63, 3.8) is 0 Å². The molecule has 0 atom stereocenters. The first-order valence-electron chi connectivity index (χ1n) is 3.05. The van der Waals surface area contributed by atoms with Gasteiger partial charge in [-0.15, -0.1) is 0 Å². The van der Waals surface area contributed by atoms with E-state index in [4.69, 9.17) is 20.9 Å². The fourth-order valence-electron chi connectivity index (χ4n) is 0.440. The second kappa shape index (κ2) is 21.0. The molecular weight excluding hydrogens is 320 g/mol. The van der Waals surface area contributed by atoms with Crippen LogP contribution in [0, 0.1) is 5.41 Å². The van der Waals surface area contributed by atoms with Crippen LogP contribution in [0.25, 0.3) is 0 Å². The molecule has 0 rings (SSSR count). The number of phosphoric acid groups is 1. The van der Waals surface area contributed by atoms with E-state index in [-0.39, 0.29) is 63.8 Å². The van der Waals surface area contributed by atoms with Crippen LogP contribution in [0.15, 0.2) is 0 Å². The predicted octanol–water partition coefficient (Wildman–Crippen LogP) is -9.38. The van der Waals surface area contributed by atoms with Crippen molar-refractivity contribution in [2.24, 2.45) is 5.73 Å². The van der Waals surface area contributed by atoms with Crippen LogP contribution >= 0.6 is 7.82 Å². The van der Waals surface area contributed by atoms with E-state index in [1.807, 2.05) is 0 Å². The molecule has 0 aliphatic rings. The standard InChI is InChI=1S/C4H10N3O5P.Na.6H2O.H/c1-7(4(5)6)2-3(8)12-13(9,10)11;;;;;;;;/h2H2,1H3,(H3,5,6)(H2,9,10,11);;6*1H2;/q;+1;;;;;;;-1. The molecule has 0 heterocycles. The van der Waals surface area contributed by atoms with Crippen molar-refractivity contribution in [1.82, 2.24) is 4.90 Å². The molecule has 0 aromatic heterocycles. The number of carbonyl (C=O) groups is 1. The van der Waals surface area contributed by atoms with Crippen molar-refractivity contribution >= 4 is 19.8 Å². The summed E-state index contributed by atoms with van der Waals surface area (Å²) >= 11 is 0. The molecule has 0 saturated carbocycles. The minimum absolute atomic E-state index is 0. The molecule has 0 aromatic rings. The number of hydrogen-bond donors (Lipinski definition) is 4. The van der Waals surface area contributed by atoms with Crippen LogP contribution in [0.5, 0.6) is 0 Å². The maximum absolute atomic E-state index is 10.7. The molecule has 126 valence electrons. The number of hydrogen-bond acceptors (Lipinski definition) is 4. The van der Waals surface area contributed by atoms with E-state index in [9.17, 15) is 9.36 Å². The van der Waals surface area contributed by atoms with E-state index in [2.05, 4.69) is 4.52 Å². The number of likely N-dealkylation sites (N-methyl/N-ethyl adjacent to an activating group) is 1. The first kappa shape index (κ1) is 50.4. The van der Waals surface area contributed by atoms with Crippen molar-refractivity contribution in [2.45, 2.75) is 0 Å². The van der Waals surface area contributed by atoms with Gasteiger partial charge in [0.1, 0.15) is 6.54 Å². The van der Waals surface area contributed by atoms with Crippen LogP contribution in [-0.4, -0.2) is 73.1 Å². The monoisotopic (exact) mass is 343 g/mol. The molecular formula is C4H23N3NaO11P. The summed E-state index contributed by atoms with van der Waals surface area (Å²) in [6.45, 7) is -0.486. The Morgan fingerprint density at radius 1 is 1.25 bits per heavy atom. The summed E-state index contributed by atoms with van der Waals surface area (Å²) in [6, 6.07) is 0. The number of carbonyl (C=O) groups excluding carboxylic acids is 1. The van der Waals surface area contributed by atoms with E-state index >= 15 is 0 Å². The van der Waals surface area contributed by atoms with Gasteiger partial charge in [-0.05, 0) is 0 Å². The smallest absolute Gasteiger partial charge is 1.00 e. The summed E-state index contributed by atoms with van der Waals surface area (Å²) in [7, 11) is -3.49. The minimum atomic E-state index is -4.80. The van der Waals surface area contributed by atoms with Crippen molar-refractivity contribution in [3.05, 3.63) is 0 Å². The summed E-state index contributed by atoms with van der Waals surface area (Å²) < 4.78 is 13.8. The van der Waals surface area contributed by atoms with Crippen LogP contribution < -0.4 is 35.3 Å². The Balaban J connectivity index is -0.0000000257. The number of nitrogens with two attached hydrogens (primary N) is 1.